The number of aromatic nitrogens is 3. The fourth-order valence-electron chi connectivity index (χ4n) is 0.997. The molecule has 0 aliphatic heterocycles. The molecule has 0 saturated heterocycles. The lowest BCUT2D eigenvalue weighted by atomic mass is 10.3. The molecular weight excluding hydrogens is 171 g/mol. The fraction of sp³-hybridized carbons (Fsp3) is 0. The number of hydrogen-bond acceptors (Lipinski definition) is 3. The van der Waals surface area contributed by atoms with Crippen molar-refractivity contribution in [2.45, 2.75) is 0 Å². The number of nitrogens with zero attached hydrogens (tertiary/aromatic N) is 3. The van der Waals surface area contributed by atoms with Crippen LogP contribution in [0.15, 0.2) is 30.5 Å². The molecule has 1 aromatic carbocycles. The van der Waals surface area contributed by atoms with E-state index in [0.717, 1.165) is 5.69 Å². The number of hydrogen-bond donors (Lipinski definition) is 1. The topological polar surface area (TPSA) is 56.7 Å². The van der Waals surface area contributed by atoms with E-state index in [2.05, 4.69) is 10.3 Å². The third-order valence-corrected chi connectivity index (χ3v) is 1.60. The van der Waals surface area contributed by atoms with Gasteiger partial charge >= 0.3 is 0 Å². The molecule has 0 atom stereocenters. The van der Waals surface area contributed by atoms with Gasteiger partial charge in [-0.1, -0.05) is 5.21 Å². The van der Waals surface area contributed by atoms with Gasteiger partial charge in [0.1, 0.15) is 5.82 Å². The molecule has 0 aliphatic rings. The van der Waals surface area contributed by atoms with Gasteiger partial charge in [0.05, 0.1) is 11.9 Å². The minimum atomic E-state index is -0.281. The summed E-state index contributed by atoms with van der Waals surface area (Å²) >= 11 is 0. The predicted octanol–water partition coefficient (Wildman–Crippen LogP) is 0.989. The van der Waals surface area contributed by atoms with Crippen LogP contribution in [0.2, 0.25) is 0 Å². The highest BCUT2D eigenvalue weighted by Gasteiger charge is 1.98. The van der Waals surface area contributed by atoms with Gasteiger partial charge in [0.25, 0.3) is 0 Å². The number of anilines is 1. The van der Waals surface area contributed by atoms with E-state index in [1.54, 1.807) is 18.3 Å². The summed E-state index contributed by atoms with van der Waals surface area (Å²) in [6.45, 7) is 0. The molecule has 13 heavy (non-hydrogen) atoms. The number of rotatable bonds is 1. The minimum absolute atomic E-state index is 0.281. The normalized spacial score (nSPS) is 10.2. The van der Waals surface area contributed by atoms with E-state index in [4.69, 9.17) is 5.73 Å². The molecule has 0 amide bonds. The Bertz CT molecular complexity index is 406. The fourth-order valence-corrected chi connectivity index (χ4v) is 0.997. The first-order chi connectivity index (χ1) is 6.25. The second kappa shape index (κ2) is 2.85. The largest absolute Gasteiger partial charge is 0.381 e. The van der Waals surface area contributed by atoms with Crippen molar-refractivity contribution in [2.75, 3.05) is 5.73 Å². The minimum Gasteiger partial charge on any atom is -0.381 e. The molecule has 0 bridgehead atoms. The Morgan fingerprint density at radius 2 is 1.92 bits per heavy atom. The van der Waals surface area contributed by atoms with E-state index in [9.17, 15) is 4.39 Å². The number of benzene rings is 1. The van der Waals surface area contributed by atoms with E-state index in [0.29, 0.717) is 5.82 Å². The van der Waals surface area contributed by atoms with Gasteiger partial charge in [0.15, 0.2) is 5.82 Å². The number of halogens is 1. The molecule has 1 aromatic heterocycles. The molecular formula is C8H7FN4. The summed E-state index contributed by atoms with van der Waals surface area (Å²) in [6.07, 6.45) is 1.56. The lowest BCUT2D eigenvalue weighted by Gasteiger charge is -1.97. The second-order valence-electron chi connectivity index (χ2n) is 2.56. The predicted molar refractivity (Wildman–Crippen MR) is 45.7 cm³/mol. The van der Waals surface area contributed by atoms with Crippen molar-refractivity contribution < 1.29 is 4.39 Å². The zero-order valence-corrected chi connectivity index (χ0v) is 6.68. The Kier molecular flexibility index (Phi) is 1.70. The highest BCUT2D eigenvalue weighted by Crippen LogP contribution is 2.08. The van der Waals surface area contributed by atoms with E-state index in [1.807, 2.05) is 0 Å². The molecule has 0 unspecified atom stereocenters. The standard InChI is InChI=1S/C8H7FN4/c9-6-1-3-7(4-2-6)13-5-8(10)11-12-13/h1-5H,10H2. The summed E-state index contributed by atoms with van der Waals surface area (Å²) in [4.78, 5) is 0. The smallest absolute Gasteiger partial charge is 0.166 e. The number of nitrogen functional groups attached to an aromatic ring is 1. The van der Waals surface area contributed by atoms with Crippen LogP contribution >= 0.6 is 0 Å². The maximum atomic E-state index is 12.5. The highest BCUT2D eigenvalue weighted by atomic mass is 19.1. The Morgan fingerprint density at radius 1 is 1.23 bits per heavy atom. The van der Waals surface area contributed by atoms with Crippen molar-refractivity contribution in [1.82, 2.24) is 15.0 Å². The van der Waals surface area contributed by atoms with Gasteiger partial charge in [-0.15, -0.1) is 5.10 Å². The lowest BCUT2D eigenvalue weighted by molar-refractivity contribution is 0.626. The molecule has 66 valence electrons. The van der Waals surface area contributed by atoms with Crippen LogP contribution in [0.25, 0.3) is 5.69 Å². The Balaban J connectivity index is 2.41. The summed E-state index contributed by atoms with van der Waals surface area (Å²) in [7, 11) is 0. The molecule has 4 nitrogen and oxygen atoms in total. The Morgan fingerprint density at radius 3 is 2.46 bits per heavy atom. The van der Waals surface area contributed by atoms with Gasteiger partial charge in [-0.05, 0) is 24.3 Å². The van der Waals surface area contributed by atoms with Crippen molar-refractivity contribution in [3.8, 4) is 5.69 Å². The van der Waals surface area contributed by atoms with Crippen LogP contribution in [0.3, 0.4) is 0 Å². The summed E-state index contributed by atoms with van der Waals surface area (Å²) in [6, 6.07) is 5.91. The maximum Gasteiger partial charge on any atom is 0.166 e. The molecule has 0 radical (unpaired) electrons. The van der Waals surface area contributed by atoms with Crippen molar-refractivity contribution in [2.24, 2.45) is 0 Å². The van der Waals surface area contributed by atoms with Crippen LogP contribution in [-0.4, -0.2) is 15.0 Å². The van der Waals surface area contributed by atoms with Crippen LogP contribution in [0, 0.1) is 5.82 Å². The van der Waals surface area contributed by atoms with Gasteiger partial charge in [0.2, 0.25) is 0 Å². The molecule has 0 saturated carbocycles. The first-order valence-corrected chi connectivity index (χ1v) is 3.69. The summed E-state index contributed by atoms with van der Waals surface area (Å²) in [5, 5.41) is 7.35. The van der Waals surface area contributed by atoms with E-state index < -0.39 is 0 Å². The van der Waals surface area contributed by atoms with E-state index in [1.165, 1.54) is 16.8 Å². The molecule has 2 aromatic rings. The first-order valence-electron chi connectivity index (χ1n) is 3.69. The van der Waals surface area contributed by atoms with Crippen molar-refractivity contribution >= 4 is 5.82 Å². The molecule has 0 spiro atoms. The van der Waals surface area contributed by atoms with Crippen LogP contribution in [0.5, 0.6) is 0 Å². The van der Waals surface area contributed by atoms with Gasteiger partial charge < -0.3 is 5.73 Å². The lowest BCUT2D eigenvalue weighted by Crippen LogP contribution is -1.94. The SMILES string of the molecule is Nc1cn(-c2ccc(F)cc2)nn1. The van der Waals surface area contributed by atoms with Crippen LogP contribution in [-0.2, 0) is 0 Å². The monoisotopic (exact) mass is 178 g/mol. The van der Waals surface area contributed by atoms with Gasteiger partial charge in [0, 0.05) is 0 Å². The van der Waals surface area contributed by atoms with Gasteiger partial charge in [-0.25, -0.2) is 9.07 Å². The highest BCUT2D eigenvalue weighted by molar-refractivity contribution is 5.33. The summed E-state index contributed by atoms with van der Waals surface area (Å²) in [5.41, 5.74) is 6.10. The average molecular weight is 178 g/mol. The van der Waals surface area contributed by atoms with Crippen molar-refractivity contribution in [3.05, 3.63) is 36.3 Å². The molecule has 0 fully saturated rings. The summed E-state index contributed by atoms with van der Waals surface area (Å²) < 4.78 is 14.0. The van der Waals surface area contributed by atoms with Gasteiger partial charge in [-0.3, -0.25) is 0 Å². The third-order valence-electron chi connectivity index (χ3n) is 1.60. The maximum absolute atomic E-state index is 12.5. The quantitative estimate of drug-likeness (QED) is 0.708. The van der Waals surface area contributed by atoms with E-state index >= 15 is 0 Å². The molecule has 2 rings (SSSR count). The second-order valence-corrected chi connectivity index (χ2v) is 2.56. The zero-order chi connectivity index (χ0) is 9.26. The molecule has 1 heterocycles. The average Bonchev–Trinajstić information content (AvgIpc) is 2.53. The Labute approximate surface area is 73.8 Å². The molecule has 5 heteroatoms. The first kappa shape index (κ1) is 7.72. The molecule has 2 N–H and O–H groups in total. The van der Waals surface area contributed by atoms with Crippen molar-refractivity contribution in [1.29, 1.82) is 0 Å². The third kappa shape index (κ3) is 1.48. The van der Waals surface area contributed by atoms with Crippen LogP contribution in [0.4, 0.5) is 10.2 Å². The Hall–Kier alpha value is -1.91. The zero-order valence-electron chi connectivity index (χ0n) is 6.68. The van der Waals surface area contributed by atoms with Gasteiger partial charge in [-0.2, -0.15) is 0 Å². The van der Waals surface area contributed by atoms with Crippen LogP contribution in [0.1, 0.15) is 0 Å². The summed E-state index contributed by atoms with van der Waals surface area (Å²) in [5.74, 6) is 0.0566. The molecule has 0 aliphatic carbocycles. The van der Waals surface area contributed by atoms with E-state index in [-0.39, 0.29) is 5.82 Å². The van der Waals surface area contributed by atoms with Crippen LogP contribution < -0.4 is 5.73 Å². The number of nitrogens with two attached hydrogens (primary N) is 1. The van der Waals surface area contributed by atoms with Crippen molar-refractivity contribution in [3.63, 3.8) is 0 Å².